The maximum atomic E-state index is 12.0. The maximum absolute atomic E-state index is 12.0. The molecular weight excluding hydrogens is 288 g/mol. The Morgan fingerprint density at radius 3 is 2.48 bits per heavy atom. The van der Waals surface area contributed by atoms with E-state index in [1.54, 1.807) is 0 Å². The SMILES string of the molecule is Cc1ccc(NC(=O)COc2ccccc2CNC(C)C)cc1. The zero-order valence-electron chi connectivity index (χ0n) is 13.9. The normalized spacial score (nSPS) is 10.6. The van der Waals surface area contributed by atoms with Gasteiger partial charge in [0, 0.05) is 23.8 Å². The molecule has 2 rings (SSSR count). The molecule has 2 N–H and O–H groups in total. The minimum Gasteiger partial charge on any atom is -0.483 e. The predicted molar refractivity (Wildman–Crippen MR) is 93.7 cm³/mol. The van der Waals surface area contributed by atoms with Crippen LogP contribution in [0.25, 0.3) is 0 Å². The van der Waals surface area contributed by atoms with Crippen molar-refractivity contribution in [2.24, 2.45) is 0 Å². The maximum Gasteiger partial charge on any atom is 0.262 e. The van der Waals surface area contributed by atoms with E-state index in [4.69, 9.17) is 4.74 Å². The van der Waals surface area contributed by atoms with Gasteiger partial charge < -0.3 is 15.4 Å². The van der Waals surface area contributed by atoms with Gasteiger partial charge in [-0.1, -0.05) is 49.7 Å². The van der Waals surface area contributed by atoms with E-state index in [0.717, 1.165) is 22.6 Å². The summed E-state index contributed by atoms with van der Waals surface area (Å²) in [6, 6.07) is 15.9. The highest BCUT2D eigenvalue weighted by Gasteiger charge is 2.07. The van der Waals surface area contributed by atoms with E-state index in [0.29, 0.717) is 12.6 Å². The first-order valence-electron chi connectivity index (χ1n) is 7.85. The Morgan fingerprint density at radius 2 is 1.78 bits per heavy atom. The second-order valence-electron chi connectivity index (χ2n) is 5.85. The van der Waals surface area contributed by atoms with Gasteiger partial charge >= 0.3 is 0 Å². The third kappa shape index (κ3) is 5.75. The fourth-order valence-electron chi connectivity index (χ4n) is 2.08. The zero-order valence-corrected chi connectivity index (χ0v) is 13.9. The number of hydrogen-bond acceptors (Lipinski definition) is 3. The number of rotatable bonds is 7. The van der Waals surface area contributed by atoms with Crippen LogP contribution >= 0.6 is 0 Å². The lowest BCUT2D eigenvalue weighted by Crippen LogP contribution is -2.23. The molecule has 0 bridgehead atoms. The lowest BCUT2D eigenvalue weighted by atomic mass is 10.2. The van der Waals surface area contributed by atoms with Gasteiger partial charge in [-0.2, -0.15) is 0 Å². The van der Waals surface area contributed by atoms with Crippen LogP contribution in [0.3, 0.4) is 0 Å². The summed E-state index contributed by atoms with van der Waals surface area (Å²) in [6.07, 6.45) is 0. The highest BCUT2D eigenvalue weighted by molar-refractivity contribution is 5.91. The molecule has 1 amide bonds. The summed E-state index contributed by atoms with van der Waals surface area (Å²) in [7, 11) is 0. The Bertz CT molecular complexity index is 636. The predicted octanol–water partition coefficient (Wildman–Crippen LogP) is 3.51. The Balaban J connectivity index is 1.89. The first-order chi connectivity index (χ1) is 11.0. The van der Waals surface area contributed by atoms with E-state index in [1.165, 1.54) is 0 Å². The molecule has 0 spiro atoms. The minimum absolute atomic E-state index is 0.00737. The number of nitrogens with one attached hydrogen (secondary N) is 2. The fraction of sp³-hybridized carbons (Fsp3) is 0.316. The molecule has 0 aromatic heterocycles. The summed E-state index contributed by atoms with van der Waals surface area (Å²) in [6.45, 7) is 6.91. The highest BCUT2D eigenvalue weighted by Crippen LogP contribution is 2.18. The summed E-state index contributed by atoms with van der Waals surface area (Å²) in [5, 5.41) is 6.18. The molecule has 4 nitrogen and oxygen atoms in total. The first kappa shape index (κ1) is 17.0. The molecule has 0 heterocycles. The molecular formula is C19H24N2O2. The fourth-order valence-corrected chi connectivity index (χ4v) is 2.08. The second kappa shape index (κ2) is 8.34. The largest absolute Gasteiger partial charge is 0.483 e. The Labute approximate surface area is 137 Å². The van der Waals surface area contributed by atoms with Gasteiger partial charge in [0.25, 0.3) is 5.91 Å². The van der Waals surface area contributed by atoms with Crippen LogP contribution in [-0.4, -0.2) is 18.6 Å². The first-order valence-corrected chi connectivity index (χ1v) is 7.85. The van der Waals surface area contributed by atoms with E-state index < -0.39 is 0 Å². The second-order valence-corrected chi connectivity index (χ2v) is 5.85. The summed E-state index contributed by atoms with van der Waals surface area (Å²) < 4.78 is 5.68. The third-order valence-electron chi connectivity index (χ3n) is 3.37. The van der Waals surface area contributed by atoms with Crippen LogP contribution in [0.4, 0.5) is 5.69 Å². The molecule has 0 radical (unpaired) electrons. The van der Waals surface area contributed by atoms with Crippen LogP contribution in [-0.2, 0) is 11.3 Å². The van der Waals surface area contributed by atoms with Gasteiger partial charge in [0.2, 0.25) is 0 Å². The van der Waals surface area contributed by atoms with E-state index in [2.05, 4.69) is 24.5 Å². The van der Waals surface area contributed by atoms with Crippen LogP contribution < -0.4 is 15.4 Å². The van der Waals surface area contributed by atoms with Crippen LogP contribution in [0.1, 0.15) is 25.0 Å². The number of aryl methyl sites for hydroxylation is 1. The smallest absolute Gasteiger partial charge is 0.262 e. The molecule has 122 valence electrons. The molecule has 0 saturated carbocycles. The number of carbonyl (C=O) groups excluding carboxylic acids is 1. The summed E-state index contributed by atoms with van der Waals surface area (Å²) in [4.78, 5) is 12.0. The lowest BCUT2D eigenvalue weighted by Gasteiger charge is -2.13. The molecule has 0 aliphatic rings. The Kier molecular flexibility index (Phi) is 6.18. The average molecular weight is 312 g/mol. The van der Waals surface area contributed by atoms with E-state index in [9.17, 15) is 4.79 Å². The van der Waals surface area contributed by atoms with Crippen molar-refractivity contribution in [3.63, 3.8) is 0 Å². The molecule has 2 aromatic rings. The van der Waals surface area contributed by atoms with Crippen molar-refractivity contribution in [3.8, 4) is 5.75 Å². The molecule has 0 aliphatic heterocycles. The number of amides is 1. The molecule has 23 heavy (non-hydrogen) atoms. The Hall–Kier alpha value is -2.33. The number of hydrogen-bond donors (Lipinski definition) is 2. The van der Waals surface area contributed by atoms with Crippen molar-refractivity contribution in [3.05, 3.63) is 59.7 Å². The zero-order chi connectivity index (χ0) is 16.7. The van der Waals surface area contributed by atoms with E-state index in [1.807, 2.05) is 55.5 Å². The highest BCUT2D eigenvalue weighted by atomic mass is 16.5. The molecule has 0 fully saturated rings. The van der Waals surface area contributed by atoms with Gasteiger partial charge in [-0.25, -0.2) is 0 Å². The monoisotopic (exact) mass is 312 g/mol. The van der Waals surface area contributed by atoms with Crippen LogP contribution in [0, 0.1) is 6.92 Å². The lowest BCUT2D eigenvalue weighted by molar-refractivity contribution is -0.118. The van der Waals surface area contributed by atoms with Gasteiger partial charge in [-0.05, 0) is 25.1 Å². The van der Waals surface area contributed by atoms with Crippen molar-refractivity contribution < 1.29 is 9.53 Å². The van der Waals surface area contributed by atoms with Crippen molar-refractivity contribution in [2.75, 3.05) is 11.9 Å². The van der Waals surface area contributed by atoms with E-state index in [-0.39, 0.29) is 12.5 Å². The average Bonchev–Trinajstić information content (AvgIpc) is 2.54. The van der Waals surface area contributed by atoms with Gasteiger partial charge in [-0.3, -0.25) is 4.79 Å². The standard InChI is InChI=1S/C19H24N2O2/c1-14(2)20-12-16-6-4-5-7-18(16)23-13-19(22)21-17-10-8-15(3)9-11-17/h4-11,14,20H,12-13H2,1-3H3,(H,21,22). The number of ether oxygens (including phenoxy) is 1. The van der Waals surface area contributed by atoms with Crippen molar-refractivity contribution in [1.29, 1.82) is 0 Å². The molecule has 4 heteroatoms. The molecule has 0 aliphatic carbocycles. The number of para-hydroxylation sites is 1. The number of benzene rings is 2. The molecule has 0 atom stereocenters. The quantitative estimate of drug-likeness (QED) is 0.822. The van der Waals surface area contributed by atoms with Crippen LogP contribution in [0.2, 0.25) is 0 Å². The van der Waals surface area contributed by atoms with Crippen LogP contribution in [0.15, 0.2) is 48.5 Å². The Morgan fingerprint density at radius 1 is 1.09 bits per heavy atom. The summed E-state index contributed by atoms with van der Waals surface area (Å²) >= 11 is 0. The van der Waals surface area contributed by atoms with Crippen molar-refractivity contribution in [1.82, 2.24) is 5.32 Å². The van der Waals surface area contributed by atoms with Gasteiger partial charge in [0.15, 0.2) is 6.61 Å². The van der Waals surface area contributed by atoms with Crippen LogP contribution in [0.5, 0.6) is 5.75 Å². The van der Waals surface area contributed by atoms with Crippen molar-refractivity contribution in [2.45, 2.75) is 33.4 Å². The molecule has 0 saturated heterocycles. The molecule has 2 aromatic carbocycles. The third-order valence-corrected chi connectivity index (χ3v) is 3.37. The topological polar surface area (TPSA) is 50.4 Å². The molecule has 0 unspecified atom stereocenters. The minimum atomic E-state index is -0.166. The number of anilines is 1. The van der Waals surface area contributed by atoms with Gasteiger partial charge in [0.1, 0.15) is 5.75 Å². The van der Waals surface area contributed by atoms with E-state index >= 15 is 0 Å². The van der Waals surface area contributed by atoms with Gasteiger partial charge in [-0.15, -0.1) is 0 Å². The van der Waals surface area contributed by atoms with Crippen molar-refractivity contribution >= 4 is 11.6 Å². The summed E-state index contributed by atoms with van der Waals surface area (Å²) in [5.41, 5.74) is 2.98. The number of carbonyl (C=O) groups is 1. The summed E-state index contributed by atoms with van der Waals surface area (Å²) in [5.74, 6) is 0.570. The van der Waals surface area contributed by atoms with Gasteiger partial charge in [0.05, 0.1) is 0 Å².